The summed E-state index contributed by atoms with van der Waals surface area (Å²) < 4.78 is 5.30. The first-order valence-electron chi connectivity index (χ1n) is 11.7. The number of piperazine rings is 1. The molecule has 1 aromatic carbocycles. The SMILES string of the molecule is Nc1c(O)cccc1-c1nnccc1N1CC2CCC(N2)C1c1ccncc1C#CCOCCO. The lowest BCUT2D eigenvalue weighted by Crippen LogP contribution is -2.53. The van der Waals surface area contributed by atoms with Crippen LogP contribution in [0.25, 0.3) is 11.3 Å². The van der Waals surface area contributed by atoms with Crippen molar-refractivity contribution in [3.63, 3.8) is 0 Å². The Hall–Kier alpha value is -3.71. The molecule has 3 atom stereocenters. The van der Waals surface area contributed by atoms with Crippen LogP contribution >= 0.6 is 0 Å². The van der Waals surface area contributed by atoms with E-state index in [-0.39, 0.29) is 43.3 Å². The first-order chi connectivity index (χ1) is 17.2. The van der Waals surface area contributed by atoms with Gasteiger partial charge in [-0.05, 0) is 36.6 Å². The zero-order valence-corrected chi connectivity index (χ0v) is 19.3. The predicted molar refractivity (Wildman–Crippen MR) is 133 cm³/mol. The normalized spacial score (nSPS) is 20.9. The van der Waals surface area contributed by atoms with Crippen LogP contribution in [0.5, 0.6) is 5.75 Å². The van der Waals surface area contributed by atoms with E-state index in [9.17, 15) is 5.11 Å². The van der Waals surface area contributed by atoms with Crippen molar-refractivity contribution in [3.05, 3.63) is 60.0 Å². The summed E-state index contributed by atoms with van der Waals surface area (Å²) in [4.78, 5) is 6.67. The van der Waals surface area contributed by atoms with Gasteiger partial charge in [0.2, 0.25) is 0 Å². The Morgan fingerprint density at radius 3 is 3.00 bits per heavy atom. The third-order valence-electron chi connectivity index (χ3n) is 6.56. The Kier molecular flexibility index (Phi) is 6.77. The number of aromatic hydroxyl groups is 1. The average Bonchev–Trinajstić information content (AvgIpc) is 3.27. The smallest absolute Gasteiger partial charge is 0.139 e. The third kappa shape index (κ3) is 4.64. The van der Waals surface area contributed by atoms with Gasteiger partial charge in [0.15, 0.2) is 0 Å². The van der Waals surface area contributed by atoms with Gasteiger partial charge in [0.1, 0.15) is 18.1 Å². The first-order valence-corrected chi connectivity index (χ1v) is 11.7. The standard InChI is InChI=1S/C26H28N6O3/c27-24-20(4-1-5-23(24)34)25-22(9-11-29-31-25)32-16-18-6-7-21(30-18)26(32)19-8-10-28-15-17(19)3-2-13-35-14-12-33/h1,4-5,8-11,15,18,21,26,30,33-34H,6-7,12-14,16,27H2. The molecular formula is C26H28N6O3. The molecule has 2 saturated heterocycles. The fourth-order valence-corrected chi connectivity index (χ4v) is 5.04. The van der Waals surface area contributed by atoms with Gasteiger partial charge in [-0.15, -0.1) is 5.10 Å². The van der Waals surface area contributed by atoms with Crippen LogP contribution in [0.2, 0.25) is 0 Å². The summed E-state index contributed by atoms with van der Waals surface area (Å²) in [7, 11) is 0. The lowest BCUT2D eigenvalue weighted by Gasteiger charge is -2.43. The molecular weight excluding hydrogens is 444 g/mol. The fraction of sp³-hybridized carbons (Fsp3) is 0.346. The van der Waals surface area contributed by atoms with E-state index in [1.807, 2.05) is 18.2 Å². The van der Waals surface area contributed by atoms with E-state index >= 15 is 0 Å². The number of para-hydroxylation sites is 1. The number of ether oxygens (including phenoxy) is 1. The lowest BCUT2D eigenvalue weighted by atomic mass is 9.92. The maximum atomic E-state index is 10.2. The van der Waals surface area contributed by atoms with Gasteiger partial charge in [0, 0.05) is 42.1 Å². The van der Waals surface area contributed by atoms with Crippen molar-refractivity contribution in [2.75, 3.05) is 37.0 Å². The van der Waals surface area contributed by atoms with E-state index in [1.54, 1.807) is 30.7 Å². The molecule has 35 heavy (non-hydrogen) atoms. The summed E-state index contributed by atoms with van der Waals surface area (Å²) in [6.07, 6.45) is 7.39. The second-order valence-electron chi connectivity index (χ2n) is 8.69. The minimum Gasteiger partial charge on any atom is -0.506 e. The van der Waals surface area contributed by atoms with Crippen LogP contribution in [-0.4, -0.2) is 63.8 Å². The minimum absolute atomic E-state index is 0.0131. The van der Waals surface area contributed by atoms with Crippen LogP contribution in [0, 0.1) is 11.8 Å². The summed E-state index contributed by atoms with van der Waals surface area (Å²) in [6.45, 7) is 1.25. The Morgan fingerprint density at radius 1 is 1.20 bits per heavy atom. The van der Waals surface area contributed by atoms with Gasteiger partial charge >= 0.3 is 0 Å². The van der Waals surface area contributed by atoms with Gasteiger partial charge < -0.3 is 30.9 Å². The zero-order valence-electron chi connectivity index (χ0n) is 19.3. The van der Waals surface area contributed by atoms with Crippen LogP contribution in [0.1, 0.15) is 30.0 Å². The van der Waals surface area contributed by atoms with Crippen molar-refractivity contribution in [2.45, 2.75) is 31.0 Å². The molecule has 0 aliphatic carbocycles. The molecule has 5 N–H and O–H groups in total. The van der Waals surface area contributed by atoms with Crippen LogP contribution in [0.15, 0.2) is 48.9 Å². The molecule has 0 amide bonds. The minimum atomic E-state index is -0.0304. The van der Waals surface area contributed by atoms with E-state index in [1.165, 1.54) is 0 Å². The third-order valence-corrected chi connectivity index (χ3v) is 6.56. The van der Waals surface area contributed by atoms with Crippen molar-refractivity contribution in [3.8, 4) is 28.8 Å². The highest BCUT2D eigenvalue weighted by atomic mass is 16.5. The average molecular weight is 473 g/mol. The maximum absolute atomic E-state index is 10.2. The molecule has 2 aliphatic heterocycles. The van der Waals surface area contributed by atoms with Gasteiger partial charge in [-0.25, -0.2) is 0 Å². The molecule has 4 heterocycles. The van der Waals surface area contributed by atoms with Crippen molar-refractivity contribution in [2.24, 2.45) is 0 Å². The highest BCUT2D eigenvalue weighted by molar-refractivity contribution is 5.85. The fourth-order valence-electron chi connectivity index (χ4n) is 5.04. The molecule has 0 spiro atoms. The van der Waals surface area contributed by atoms with Crippen molar-refractivity contribution >= 4 is 11.4 Å². The van der Waals surface area contributed by atoms with Crippen molar-refractivity contribution < 1.29 is 14.9 Å². The van der Waals surface area contributed by atoms with Gasteiger partial charge in [-0.3, -0.25) is 4.98 Å². The monoisotopic (exact) mass is 472 g/mol. The summed E-state index contributed by atoms with van der Waals surface area (Å²) in [5, 5.41) is 31.5. The number of fused-ring (bicyclic) bond motifs is 2. The topological polar surface area (TPSA) is 130 Å². The van der Waals surface area contributed by atoms with Crippen LogP contribution in [0.3, 0.4) is 0 Å². The number of aliphatic hydroxyl groups is 1. The Balaban J connectivity index is 1.57. The van der Waals surface area contributed by atoms with Crippen molar-refractivity contribution in [1.29, 1.82) is 0 Å². The number of aliphatic hydroxyl groups excluding tert-OH is 1. The summed E-state index contributed by atoms with van der Waals surface area (Å²) >= 11 is 0. The van der Waals surface area contributed by atoms with Crippen LogP contribution in [-0.2, 0) is 4.74 Å². The molecule has 2 bridgehead atoms. The highest BCUT2D eigenvalue weighted by Gasteiger charge is 2.42. The number of phenolic OH excluding ortho intramolecular Hbond substituents is 1. The number of benzene rings is 1. The van der Waals surface area contributed by atoms with Gasteiger partial charge in [-0.1, -0.05) is 24.0 Å². The number of nitrogen functional groups attached to an aromatic ring is 1. The number of nitrogens with two attached hydrogens (primary N) is 1. The largest absolute Gasteiger partial charge is 0.506 e. The molecule has 3 unspecified atom stereocenters. The molecule has 0 radical (unpaired) electrons. The molecule has 2 aliphatic rings. The number of hydrogen-bond donors (Lipinski definition) is 4. The van der Waals surface area contributed by atoms with Crippen LogP contribution in [0.4, 0.5) is 11.4 Å². The Bertz CT molecular complexity index is 1260. The molecule has 0 saturated carbocycles. The number of hydrogen-bond acceptors (Lipinski definition) is 9. The second kappa shape index (κ2) is 10.3. The Labute approximate surface area is 204 Å². The molecule has 9 heteroatoms. The number of nitrogens with one attached hydrogen (secondary N) is 1. The number of pyridine rings is 1. The molecule has 180 valence electrons. The first kappa shape index (κ1) is 23.1. The molecule has 3 aromatic rings. The number of anilines is 2. The molecule has 5 rings (SSSR count). The second-order valence-corrected chi connectivity index (χ2v) is 8.69. The van der Waals surface area contributed by atoms with E-state index < -0.39 is 0 Å². The van der Waals surface area contributed by atoms with E-state index in [0.717, 1.165) is 36.2 Å². The van der Waals surface area contributed by atoms with Gasteiger partial charge in [-0.2, -0.15) is 5.10 Å². The van der Waals surface area contributed by atoms with E-state index in [0.29, 0.717) is 17.3 Å². The maximum Gasteiger partial charge on any atom is 0.139 e. The number of aromatic nitrogens is 3. The quantitative estimate of drug-likeness (QED) is 0.184. The highest BCUT2D eigenvalue weighted by Crippen LogP contribution is 2.44. The van der Waals surface area contributed by atoms with E-state index in [4.69, 9.17) is 15.6 Å². The molecule has 2 aromatic heterocycles. The number of nitrogens with zero attached hydrogens (tertiary/aromatic N) is 4. The van der Waals surface area contributed by atoms with Gasteiger partial charge in [0.25, 0.3) is 0 Å². The lowest BCUT2D eigenvalue weighted by molar-refractivity contribution is 0.115. The molecule has 2 fully saturated rings. The predicted octanol–water partition coefficient (Wildman–Crippen LogP) is 1.87. The van der Waals surface area contributed by atoms with Crippen LogP contribution < -0.4 is 16.0 Å². The zero-order chi connectivity index (χ0) is 24.2. The number of rotatable bonds is 6. The Morgan fingerprint density at radius 2 is 2.11 bits per heavy atom. The summed E-state index contributed by atoms with van der Waals surface area (Å²) in [5.74, 6) is 6.26. The summed E-state index contributed by atoms with van der Waals surface area (Å²) in [5.41, 5.74) is 10.6. The molecule has 9 nitrogen and oxygen atoms in total. The van der Waals surface area contributed by atoms with Gasteiger partial charge in [0.05, 0.1) is 36.8 Å². The number of phenols is 1. The van der Waals surface area contributed by atoms with Crippen molar-refractivity contribution in [1.82, 2.24) is 20.5 Å². The summed E-state index contributed by atoms with van der Waals surface area (Å²) in [6, 6.07) is 9.73. The van der Waals surface area contributed by atoms with E-state index in [2.05, 4.69) is 37.2 Å².